The summed E-state index contributed by atoms with van der Waals surface area (Å²) in [6, 6.07) is 16.3. The van der Waals surface area contributed by atoms with Gasteiger partial charge in [0.05, 0.1) is 13.2 Å². The Morgan fingerprint density at radius 3 is 2.52 bits per heavy atom. The molecule has 0 bridgehead atoms. The van der Waals surface area contributed by atoms with E-state index in [1.807, 2.05) is 30.3 Å². The van der Waals surface area contributed by atoms with Crippen molar-refractivity contribution in [3.63, 3.8) is 0 Å². The monoisotopic (exact) mass is 280 g/mol. The normalized spacial score (nSPS) is 11.7. The van der Waals surface area contributed by atoms with E-state index in [2.05, 4.69) is 31.0 Å². The maximum atomic E-state index is 5.83. The summed E-state index contributed by atoms with van der Waals surface area (Å²) < 4.78 is 11.1. The molecular weight excluding hydrogens is 260 g/mol. The first-order chi connectivity index (χ1) is 10.2. The van der Waals surface area contributed by atoms with Gasteiger partial charge in [0.15, 0.2) is 0 Å². The topological polar surface area (TPSA) is 18.5 Å². The summed E-state index contributed by atoms with van der Waals surface area (Å²) in [6.07, 6.45) is 6.08. The molecule has 2 heteroatoms. The van der Waals surface area contributed by atoms with Gasteiger partial charge < -0.3 is 9.47 Å². The number of hydrogen-bond acceptors (Lipinski definition) is 2. The molecule has 0 N–H and O–H groups in total. The van der Waals surface area contributed by atoms with Gasteiger partial charge in [-0.2, -0.15) is 0 Å². The molecule has 0 fully saturated rings. The Bertz CT molecular complexity index is 611. The summed E-state index contributed by atoms with van der Waals surface area (Å²) in [6.45, 7) is 2.40. The van der Waals surface area contributed by atoms with Crippen LogP contribution in [-0.4, -0.2) is 13.7 Å². The minimum Gasteiger partial charge on any atom is -0.497 e. The molecule has 2 nitrogen and oxygen atoms in total. The van der Waals surface area contributed by atoms with Crippen molar-refractivity contribution in [1.82, 2.24) is 0 Å². The number of terminal acetylenes is 1. The molecule has 1 atom stereocenters. The van der Waals surface area contributed by atoms with E-state index in [0.29, 0.717) is 6.61 Å². The molecule has 2 aromatic rings. The van der Waals surface area contributed by atoms with E-state index in [4.69, 9.17) is 15.9 Å². The lowest BCUT2D eigenvalue weighted by atomic mass is 9.98. The number of hydrogen-bond donors (Lipinski definition) is 0. The highest BCUT2D eigenvalue weighted by Crippen LogP contribution is 2.25. The highest BCUT2D eigenvalue weighted by molar-refractivity contribution is 5.36. The Morgan fingerprint density at radius 2 is 1.90 bits per heavy atom. The summed E-state index contributed by atoms with van der Waals surface area (Å²) in [5, 5.41) is 0. The number of rotatable bonds is 6. The summed E-state index contributed by atoms with van der Waals surface area (Å²) in [5.74, 6) is 3.42. The summed E-state index contributed by atoms with van der Waals surface area (Å²) in [5.41, 5.74) is 3.57. The van der Waals surface area contributed by atoms with Crippen LogP contribution in [0.2, 0.25) is 0 Å². The Balaban J connectivity index is 2.21. The number of methoxy groups -OCH3 is 1. The molecule has 0 amide bonds. The van der Waals surface area contributed by atoms with E-state index in [9.17, 15) is 0 Å². The van der Waals surface area contributed by atoms with Gasteiger partial charge in [0.2, 0.25) is 0 Å². The lowest BCUT2D eigenvalue weighted by Crippen LogP contribution is -2.09. The van der Waals surface area contributed by atoms with Gasteiger partial charge in [0, 0.05) is 6.42 Å². The Kier molecular flexibility index (Phi) is 5.43. The van der Waals surface area contributed by atoms with Gasteiger partial charge in [0.25, 0.3) is 0 Å². The van der Waals surface area contributed by atoms with Crippen LogP contribution in [0.1, 0.15) is 22.8 Å². The van der Waals surface area contributed by atoms with Crippen LogP contribution >= 0.6 is 0 Å². The third kappa shape index (κ3) is 4.11. The highest BCUT2D eigenvalue weighted by atomic mass is 16.5. The number of benzene rings is 2. The second kappa shape index (κ2) is 7.52. The van der Waals surface area contributed by atoms with Crippen LogP contribution in [0.3, 0.4) is 0 Å². The maximum Gasteiger partial charge on any atom is 0.119 e. The van der Waals surface area contributed by atoms with Gasteiger partial charge in [-0.1, -0.05) is 42.3 Å². The molecule has 108 valence electrons. The van der Waals surface area contributed by atoms with E-state index in [1.54, 1.807) is 7.11 Å². The molecule has 0 radical (unpaired) electrons. The van der Waals surface area contributed by atoms with Crippen molar-refractivity contribution in [1.29, 1.82) is 0 Å². The van der Waals surface area contributed by atoms with Crippen molar-refractivity contribution >= 4 is 0 Å². The van der Waals surface area contributed by atoms with Crippen LogP contribution in [0, 0.1) is 19.3 Å². The lowest BCUT2D eigenvalue weighted by molar-refractivity contribution is 0.0781. The van der Waals surface area contributed by atoms with Crippen molar-refractivity contribution in [3.05, 3.63) is 65.2 Å². The maximum absolute atomic E-state index is 5.83. The molecule has 2 rings (SSSR count). The smallest absolute Gasteiger partial charge is 0.119 e. The van der Waals surface area contributed by atoms with Gasteiger partial charge in [-0.25, -0.2) is 0 Å². The van der Waals surface area contributed by atoms with Crippen molar-refractivity contribution in [2.75, 3.05) is 13.7 Å². The first-order valence-electron chi connectivity index (χ1n) is 6.98. The molecule has 2 aromatic carbocycles. The van der Waals surface area contributed by atoms with E-state index < -0.39 is 0 Å². The SMILES string of the molecule is C#CCO[C@H](Cc1ccc(OC)cc1C)c1ccccc1. The minimum absolute atomic E-state index is 0.0330. The van der Waals surface area contributed by atoms with Gasteiger partial charge in [-0.15, -0.1) is 6.42 Å². The van der Waals surface area contributed by atoms with Crippen LogP contribution < -0.4 is 4.74 Å². The molecule has 0 spiro atoms. The van der Waals surface area contributed by atoms with Crippen LogP contribution in [0.5, 0.6) is 5.75 Å². The van der Waals surface area contributed by atoms with Crippen LogP contribution in [-0.2, 0) is 11.2 Å². The first-order valence-corrected chi connectivity index (χ1v) is 6.98. The Morgan fingerprint density at radius 1 is 1.14 bits per heavy atom. The quantitative estimate of drug-likeness (QED) is 0.746. The van der Waals surface area contributed by atoms with E-state index in [1.165, 1.54) is 11.1 Å². The third-order valence-corrected chi connectivity index (χ3v) is 3.49. The van der Waals surface area contributed by atoms with E-state index in [0.717, 1.165) is 17.7 Å². The van der Waals surface area contributed by atoms with E-state index in [-0.39, 0.29) is 6.10 Å². The van der Waals surface area contributed by atoms with E-state index >= 15 is 0 Å². The zero-order valence-corrected chi connectivity index (χ0v) is 12.5. The molecule has 0 aliphatic carbocycles. The van der Waals surface area contributed by atoms with Crippen LogP contribution in [0.25, 0.3) is 0 Å². The molecule has 21 heavy (non-hydrogen) atoms. The second-order valence-corrected chi connectivity index (χ2v) is 4.91. The molecule has 0 saturated carbocycles. The average molecular weight is 280 g/mol. The molecule has 0 aliphatic heterocycles. The van der Waals surface area contributed by atoms with Crippen LogP contribution in [0.15, 0.2) is 48.5 Å². The molecule has 0 aromatic heterocycles. The fourth-order valence-corrected chi connectivity index (χ4v) is 2.31. The van der Waals surface area contributed by atoms with Gasteiger partial charge in [-0.05, 0) is 35.7 Å². The third-order valence-electron chi connectivity index (χ3n) is 3.49. The summed E-state index contributed by atoms with van der Waals surface area (Å²) >= 11 is 0. The van der Waals surface area contributed by atoms with Gasteiger partial charge >= 0.3 is 0 Å². The average Bonchev–Trinajstić information content (AvgIpc) is 2.53. The van der Waals surface area contributed by atoms with Crippen molar-refractivity contribution < 1.29 is 9.47 Å². The predicted octanol–water partition coefficient (Wildman–Crippen LogP) is 3.94. The first kappa shape index (κ1) is 15.2. The molecule has 0 aliphatic rings. The van der Waals surface area contributed by atoms with Crippen molar-refractivity contribution in [2.45, 2.75) is 19.4 Å². The largest absolute Gasteiger partial charge is 0.497 e. The Hall–Kier alpha value is -2.24. The predicted molar refractivity (Wildman–Crippen MR) is 85.4 cm³/mol. The molecule has 0 saturated heterocycles. The summed E-state index contributed by atoms with van der Waals surface area (Å²) in [7, 11) is 1.68. The fourth-order valence-electron chi connectivity index (χ4n) is 2.31. The molecule has 0 heterocycles. The second-order valence-electron chi connectivity index (χ2n) is 4.91. The molecule has 0 unspecified atom stereocenters. The van der Waals surface area contributed by atoms with Crippen molar-refractivity contribution in [3.8, 4) is 18.1 Å². The minimum atomic E-state index is -0.0330. The zero-order chi connectivity index (χ0) is 15.1. The Labute approximate surface area is 126 Å². The number of ether oxygens (including phenoxy) is 2. The van der Waals surface area contributed by atoms with Gasteiger partial charge in [0.1, 0.15) is 12.4 Å². The zero-order valence-electron chi connectivity index (χ0n) is 12.5. The van der Waals surface area contributed by atoms with Crippen LogP contribution in [0.4, 0.5) is 0 Å². The van der Waals surface area contributed by atoms with Crippen molar-refractivity contribution in [2.24, 2.45) is 0 Å². The molecular formula is C19H20O2. The standard InChI is InChI=1S/C19H20O2/c1-4-12-21-19(16-8-6-5-7-9-16)14-17-10-11-18(20-3)13-15(17)2/h1,5-11,13,19H,12,14H2,2-3H3/t19-/m1/s1. The number of aryl methyl sites for hydroxylation is 1. The van der Waals surface area contributed by atoms with Gasteiger partial charge in [-0.3, -0.25) is 0 Å². The highest BCUT2D eigenvalue weighted by Gasteiger charge is 2.14. The fraction of sp³-hybridized carbons (Fsp3) is 0.263. The lowest BCUT2D eigenvalue weighted by Gasteiger charge is -2.18. The summed E-state index contributed by atoms with van der Waals surface area (Å²) in [4.78, 5) is 0.